The van der Waals surface area contributed by atoms with Crippen molar-refractivity contribution in [3.05, 3.63) is 35.4 Å². The van der Waals surface area contributed by atoms with Gasteiger partial charge in [0.1, 0.15) is 6.04 Å². The molecule has 0 aliphatic heterocycles. The Kier molecular flexibility index (Phi) is 4.85. The van der Waals surface area contributed by atoms with Crippen LogP contribution < -0.4 is 5.73 Å². The molecular formula is C9H8ClF6N. The first-order valence-corrected chi connectivity index (χ1v) is 4.12. The van der Waals surface area contributed by atoms with E-state index in [1.807, 2.05) is 0 Å². The third-order valence-electron chi connectivity index (χ3n) is 1.95. The first-order valence-electron chi connectivity index (χ1n) is 4.12. The van der Waals surface area contributed by atoms with E-state index in [0.29, 0.717) is 12.1 Å². The molecule has 1 aromatic carbocycles. The minimum atomic E-state index is -4.67. The largest absolute Gasteiger partial charge is 0.416 e. The van der Waals surface area contributed by atoms with Gasteiger partial charge in [-0.15, -0.1) is 12.4 Å². The fourth-order valence-electron chi connectivity index (χ4n) is 1.07. The van der Waals surface area contributed by atoms with Gasteiger partial charge in [0.25, 0.3) is 0 Å². The van der Waals surface area contributed by atoms with E-state index in [0.717, 1.165) is 12.1 Å². The zero-order valence-corrected chi connectivity index (χ0v) is 8.96. The van der Waals surface area contributed by atoms with E-state index in [1.54, 1.807) is 0 Å². The quantitative estimate of drug-likeness (QED) is 0.780. The predicted octanol–water partition coefficient (Wildman–Crippen LogP) is 3.69. The van der Waals surface area contributed by atoms with Crippen LogP contribution in [0.1, 0.15) is 17.2 Å². The van der Waals surface area contributed by atoms with Crippen LogP contribution >= 0.6 is 12.4 Å². The number of hydrogen-bond donors (Lipinski definition) is 1. The highest BCUT2D eigenvalue weighted by Crippen LogP contribution is 2.33. The molecule has 0 radical (unpaired) electrons. The number of halogens is 7. The topological polar surface area (TPSA) is 26.0 Å². The summed E-state index contributed by atoms with van der Waals surface area (Å²) < 4.78 is 72.7. The maximum atomic E-state index is 12.1. The Morgan fingerprint density at radius 1 is 0.882 bits per heavy atom. The maximum Gasteiger partial charge on any atom is 0.416 e. The van der Waals surface area contributed by atoms with E-state index >= 15 is 0 Å². The van der Waals surface area contributed by atoms with Gasteiger partial charge < -0.3 is 5.73 Å². The molecule has 0 unspecified atom stereocenters. The van der Waals surface area contributed by atoms with E-state index in [1.165, 1.54) is 0 Å². The molecule has 0 aliphatic rings. The SMILES string of the molecule is Cl.N[C@H](c1ccc(C(F)(F)F)cc1)C(F)(F)F. The Hall–Kier alpha value is -0.950. The zero-order chi connectivity index (χ0) is 12.6. The molecule has 17 heavy (non-hydrogen) atoms. The van der Waals surface area contributed by atoms with Crippen LogP contribution in [0.3, 0.4) is 0 Å². The summed E-state index contributed by atoms with van der Waals surface area (Å²) in [5.41, 5.74) is 3.41. The first kappa shape index (κ1) is 16.1. The summed E-state index contributed by atoms with van der Waals surface area (Å²) >= 11 is 0. The molecule has 1 aromatic rings. The van der Waals surface area contributed by atoms with Crippen LogP contribution in [0.2, 0.25) is 0 Å². The van der Waals surface area contributed by atoms with E-state index in [-0.39, 0.29) is 12.4 Å². The normalized spacial score (nSPS) is 14.1. The first-order chi connectivity index (χ1) is 7.12. The van der Waals surface area contributed by atoms with Crippen molar-refractivity contribution in [3.63, 3.8) is 0 Å². The average molecular weight is 280 g/mol. The second kappa shape index (κ2) is 5.14. The van der Waals surface area contributed by atoms with Gasteiger partial charge in [0.15, 0.2) is 0 Å². The molecule has 2 N–H and O–H groups in total. The lowest BCUT2D eigenvalue weighted by Gasteiger charge is -2.16. The summed E-state index contributed by atoms with van der Waals surface area (Å²) in [6, 6.07) is 0.318. The second-order valence-corrected chi connectivity index (χ2v) is 3.14. The Morgan fingerprint density at radius 2 is 1.29 bits per heavy atom. The van der Waals surface area contributed by atoms with Crippen molar-refractivity contribution in [2.24, 2.45) is 5.73 Å². The van der Waals surface area contributed by atoms with Crippen molar-refractivity contribution in [1.29, 1.82) is 0 Å². The molecule has 0 saturated carbocycles. The molecule has 1 rings (SSSR count). The molecular weight excluding hydrogens is 272 g/mol. The molecule has 98 valence electrons. The zero-order valence-electron chi connectivity index (χ0n) is 8.14. The molecule has 0 bridgehead atoms. The van der Waals surface area contributed by atoms with Gasteiger partial charge in [-0.25, -0.2) is 0 Å². The van der Waals surface area contributed by atoms with E-state index in [4.69, 9.17) is 5.73 Å². The third-order valence-corrected chi connectivity index (χ3v) is 1.95. The predicted molar refractivity (Wildman–Crippen MR) is 51.7 cm³/mol. The molecule has 1 nitrogen and oxygen atoms in total. The summed E-state index contributed by atoms with van der Waals surface area (Å²) in [6.45, 7) is 0. The molecule has 0 spiro atoms. The fourth-order valence-corrected chi connectivity index (χ4v) is 1.07. The van der Waals surface area contributed by atoms with Crippen LogP contribution in [0.15, 0.2) is 24.3 Å². The molecule has 0 aromatic heterocycles. The standard InChI is InChI=1S/C9H7F6N.ClH/c10-8(11,12)6-3-1-5(2-4-6)7(16)9(13,14)15;/h1-4,7H,16H2;1H/t7-;/m1./s1. The van der Waals surface area contributed by atoms with Crippen LogP contribution in [0.4, 0.5) is 26.3 Å². The number of rotatable bonds is 1. The van der Waals surface area contributed by atoms with Crippen molar-refractivity contribution in [2.75, 3.05) is 0 Å². The van der Waals surface area contributed by atoms with Gasteiger partial charge in [0, 0.05) is 0 Å². The van der Waals surface area contributed by atoms with Crippen molar-refractivity contribution in [1.82, 2.24) is 0 Å². The number of hydrogen-bond acceptors (Lipinski definition) is 1. The molecule has 0 heterocycles. The Morgan fingerprint density at radius 3 is 1.59 bits per heavy atom. The van der Waals surface area contributed by atoms with Crippen molar-refractivity contribution in [2.45, 2.75) is 18.4 Å². The summed E-state index contributed by atoms with van der Waals surface area (Å²) in [7, 11) is 0. The fraction of sp³-hybridized carbons (Fsp3) is 0.333. The van der Waals surface area contributed by atoms with Crippen molar-refractivity contribution in [3.8, 4) is 0 Å². The lowest BCUT2D eigenvalue weighted by molar-refractivity contribution is -0.149. The molecule has 8 heteroatoms. The maximum absolute atomic E-state index is 12.1. The average Bonchev–Trinajstić information content (AvgIpc) is 2.14. The van der Waals surface area contributed by atoms with Gasteiger partial charge in [-0.05, 0) is 17.7 Å². The van der Waals surface area contributed by atoms with Crippen LogP contribution in [-0.4, -0.2) is 6.18 Å². The van der Waals surface area contributed by atoms with Gasteiger partial charge in [-0.3, -0.25) is 0 Å². The van der Waals surface area contributed by atoms with E-state index < -0.39 is 29.5 Å². The van der Waals surface area contributed by atoms with Gasteiger partial charge in [-0.2, -0.15) is 26.3 Å². The molecule has 0 amide bonds. The van der Waals surface area contributed by atoms with E-state index in [2.05, 4.69) is 0 Å². The van der Waals surface area contributed by atoms with Crippen LogP contribution in [0.5, 0.6) is 0 Å². The van der Waals surface area contributed by atoms with Crippen molar-refractivity contribution >= 4 is 12.4 Å². The molecule has 0 aliphatic carbocycles. The second-order valence-electron chi connectivity index (χ2n) is 3.14. The molecule has 1 atom stereocenters. The van der Waals surface area contributed by atoms with Crippen LogP contribution in [-0.2, 0) is 6.18 Å². The number of nitrogens with two attached hydrogens (primary N) is 1. The lowest BCUT2D eigenvalue weighted by atomic mass is 10.1. The third kappa shape index (κ3) is 4.08. The van der Waals surface area contributed by atoms with Crippen LogP contribution in [0, 0.1) is 0 Å². The highest BCUT2D eigenvalue weighted by molar-refractivity contribution is 5.85. The minimum absolute atomic E-state index is 0. The van der Waals surface area contributed by atoms with Gasteiger partial charge >= 0.3 is 12.4 Å². The summed E-state index contributed by atoms with van der Waals surface area (Å²) in [5.74, 6) is 0. The van der Waals surface area contributed by atoms with Gasteiger partial charge in [0.05, 0.1) is 5.56 Å². The Labute approximate surface area is 99.0 Å². The van der Waals surface area contributed by atoms with Crippen molar-refractivity contribution < 1.29 is 26.3 Å². The van der Waals surface area contributed by atoms with Gasteiger partial charge in [-0.1, -0.05) is 12.1 Å². The number of benzene rings is 1. The van der Waals surface area contributed by atoms with E-state index in [9.17, 15) is 26.3 Å². The monoisotopic (exact) mass is 279 g/mol. The molecule has 0 fully saturated rings. The number of alkyl halides is 6. The van der Waals surface area contributed by atoms with Crippen LogP contribution in [0.25, 0.3) is 0 Å². The highest BCUT2D eigenvalue weighted by atomic mass is 35.5. The van der Waals surface area contributed by atoms with Gasteiger partial charge in [0.2, 0.25) is 0 Å². The smallest absolute Gasteiger partial charge is 0.316 e. The summed E-state index contributed by atoms with van der Waals surface area (Å²) in [6.07, 6.45) is -9.24. The molecule has 0 saturated heterocycles. The summed E-state index contributed by atoms with van der Waals surface area (Å²) in [5, 5.41) is 0. The lowest BCUT2D eigenvalue weighted by Crippen LogP contribution is -2.28. The Bertz CT molecular complexity index is 355. The Balaban J connectivity index is 0.00000256. The highest BCUT2D eigenvalue weighted by Gasteiger charge is 2.38. The summed E-state index contributed by atoms with van der Waals surface area (Å²) in [4.78, 5) is 0. The minimum Gasteiger partial charge on any atom is -0.316 e.